The molecule has 1 nitrogen and oxygen atoms in total. The first-order valence-electron chi connectivity index (χ1n) is 6.20. The molecule has 0 unspecified atom stereocenters. The molecule has 2 aromatic carbocycles. The zero-order chi connectivity index (χ0) is 14.0. The van der Waals surface area contributed by atoms with E-state index in [4.69, 9.17) is 4.74 Å². The number of hydrogen-bond donors (Lipinski definition) is 0. The van der Waals surface area contributed by atoms with Crippen LogP contribution in [0.2, 0.25) is 0 Å². The summed E-state index contributed by atoms with van der Waals surface area (Å²) in [7, 11) is 1.57. The van der Waals surface area contributed by atoms with Crippen molar-refractivity contribution in [1.82, 2.24) is 0 Å². The van der Waals surface area contributed by atoms with Gasteiger partial charge in [0.1, 0.15) is 11.6 Å². The molecule has 0 fully saturated rings. The van der Waals surface area contributed by atoms with E-state index in [0.29, 0.717) is 17.7 Å². The van der Waals surface area contributed by atoms with E-state index in [0.717, 1.165) is 21.2 Å². The summed E-state index contributed by atoms with van der Waals surface area (Å²) in [6.45, 7) is 3.93. The van der Waals surface area contributed by atoms with Gasteiger partial charge in [-0.3, -0.25) is 0 Å². The standard InChI is InChI=1S/C16H16BrFO/c1-4-12-15(18)8-11(9-16(12)19-3)13-6-5-7-14(17)10(13)2/h5-9H,4H2,1-3H3. The van der Waals surface area contributed by atoms with E-state index in [1.54, 1.807) is 13.2 Å². The van der Waals surface area contributed by atoms with Crippen molar-refractivity contribution in [3.8, 4) is 16.9 Å². The SMILES string of the molecule is CCc1c(F)cc(-c2cccc(Br)c2C)cc1OC. The number of halogens is 2. The van der Waals surface area contributed by atoms with Crippen molar-refractivity contribution in [2.75, 3.05) is 7.11 Å². The molecule has 0 aliphatic heterocycles. The summed E-state index contributed by atoms with van der Waals surface area (Å²) in [6.07, 6.45) is 0.618. The van der Waals surface area contributed by atoms with Crippen molar-refractivity contribution in [3.63, 3.8) is 0 Å². The first-order chi connectivity index (χ1) is 9.08. The van der Waals surface area contributed by atoms with Crippen LogP contribution in [0, 0.1) is 12.7 Å². The Labute approximate surface area is 121 Å². The topological polar surface area (TPSA) is 9.23 Å². The fraction of sp³-hybridized carbons (Fsp3) is 0.250. The zero-order valence-corrected chi connectivity index (χ0v) is 12.8. The highest BCUT2D eigenvalue weighted by atomic mass is 79.9. The largest absolute Gasteiger partial charge is 0.496 e. The minimum Gasteiger partial charge on any atom is -0.496 e. The van der Waals surface area contributed by atoms with Gasteiger partial charge in [0, 0.05) is 10.0 Å². The quantitative estimate of drug-likeness (QED) is 0.760. The Hall–Kier alpha value is -1.35. The third-order valence-corrected chi connectivity index (χ3v) is 4.17. The lowest BCUT2D eigenvalue weighted by Gasteiger charge is -2.13. The number of rotatable bonds is 3. The first kappa shape index (κ1) is 14.1. The Morgan fingerprint density at radius 3 is 2.63 bits per heavy atom. The maximum Gasteiger partial charge on any atom is 0.130 e. The summed E-state index contributed by atoms with van der Waals surface area (Å²) in [5, 5.41) is 0. The lowest BCUT2D eigenvalue weighted by atomic mass is 9.98. The lowest BCUT2D eigenvalue weighted by molar-refractivity contribution is 0.405. The van der Waals surface area contributed by atoms with Gasteiger partial charge in [-0.25, -0.2) is 4.39 Å². The van der Waals surface area contributed by atoms with Gasteiger partial charge in [-0.2, -0.15) is 0 Å². The third kappa shape index (κ3) is 2.66. The predicted octanol–water partition coefficient (Wildman–Crippen LogP) is 5.13. The van der Waals surface area contributed by atoms with Gasteiger partial charge < -0.3 is 4.74 Å². The number of ether oxygens (including phenoxy) is 1. The van der Waals surface area contributed by atoms with Crippen LogP contribution in [0.4, 0.5) is 4.39 Å². The van der Waals surface area contributed by atoms with Crippen LogP contribution in [0.15, 0.2) is 34.8 Å². The van der Waals surface area contributed by atoms with Crippen LogP contribution >= 0.6 is 15.9 Å². The molecular formula is C16H16BrFO. The molecule has 0 radical (unpaired) electrons. The second kappa shape index (κ2) is 5.74. The molecule has 0 saturated carbocycles. The average Bonchev–Trinajstić information content (AvgIpc) is 2.40. The van der Waals surface area contributed by atoms with Crippen LogP contribution in [-0.4, -0.2) is 7.11 Å². The van der Waals surface area contributed by atoms with Crippen LogP contribution in [0.1, 0.15) is 18.1 Å². The van der Waals surface area contributed by atoms with Crippen molar-refractivity contribution < 1.29 is 9.13 Å². The van der Waals surface area contributed by atoms with Crippen molar-refractivity contribution in [2.24, 2.45) is 0 Å². The van der Waals surface area contributed by atoms with E-state index < -0.39 is 0 Å². The smallest absolute Gasteiger partial charge is 0.130 e. The Balaban J connectivity index is 2.63. The molecule has 0 amide bonds. The van der Waals surface area contributed by atoms with Crippen LogP contribution < -0.4 is 4.74 Å². The van der Waals surface area contributed by atoms with E-state index >= 15 is 0 Å². The monoisotopic (exact) mass is 322 g/mol. The second-order valence-electron chi connectivity index (χ2n) is 4.40. The van der Waals surface area contributed by atoms with Gasteiger partial charge in [0.2, 0.25) is 0 Å². The Kier molecular flexibility index (Phi) is 4.25. The van der Waals surface area contributed by atoms with Crippen molar-refractivity contribution in [3.05, 3.63) is 51.7 Å². The van der Waals surface area contributed by atoms with E-state index in [2.05, 4.69) is 15.9 Å². The van der Waals surface area contributed by atoms with Gasteiger partial charge >= 0.3 is 0 Å². The Bertz CT molecular complexity index is 608. The summed E-state index contributed by atoms with van der Waals surface area (Å²) < 4.78 is 20.4. The normalized spacial score (nSPS) is 10.6. The molecule has 2 aromatic rings. The lowest BCUT2D eigenvalue weighted by Crippen LogP contribution is -1.96. The molecule has 2 rings (SSSR count). The number of methoxy groups -OCH3 is 1. The molecule has 19 heavy (non-hydrogen) atoms. The summed E-state index contributed by atoms with van der Waals surface area (Å²) in [5.41, 5.74) is 3.56. The van der Waals surface area contributed by atoms with Gasteiger partial charge in [0.15, 0.2) is 0 Å². The fourth-order valence-corrected chi connectivity index (χ4v) is 2.58. The maximum absolute atomic E-state index is 14.1. The van der Waals surface area contributed by atoms with E-state index in [1.807, 2.05) is 38.1 Å². The molecule has 0 aromatic heterocycles. The third-order valence-electron chi connectivity index (χ3n) is 3.31. The maximum atomic E-state index is 14.1. The van der Waals surface area contributed by atoms with Crippen LogP contribution in [0.25, 0.3) is 11.1 Å². The second-order valence-corrected chi connectivity index (χ2v) is 5.26. The molecule has 0 N–H and O–H groups in total. The highest BCUT2D eigenvalue weighted by molar-refractivity contribution is 9.10. The molecule has 100 valence electrons. The molecule has 0 aliphatic rings. The van der Waals surface area contributed by atoms with E-state index in [-0.39, 0.29) is 5.82 Å². The Morgan fingerprint density at radius 1 is 1.26 bits per heavy atom. The molecule has 0 spiro atoms. The molecule has 0 atom stereocenters. The highest BCUT2D eigenvalue weighted by Gasteiger charge is 2.13. The molecule has 0 heterocycles. The number of hydrogen-bond acceptors (Lipinski definition) is 1. The van der Waals surface area contributed by atoms with E-state index in [1.165, 1.54) is 0 Å². The van der Waals surface area contributed by atoms with E-state index in [9.17, 15) is 4.39 Å². The highest BCUT2D eigenvalue weighted by Crippen LogP contribution is 2.33. The van der Waals surface area contributed by atoms with Gasteiger partial charge in [0.25, 0.3) is 0 Å². The molecule has 3 heteroatoms. The summed E-state index contributed by atoms with van der Waals surface area (Å²) in [6, 6.07) is 9.39. The zero-order valence-electron chi connectivity index (χ0n) is 11.3. The van der Waals surface area contributed by atoms with Crippen molar-refractivity contribution in [1.29, 1.82) is 0 Å². The van der Waals surface area contributed by atoms with Gasteiger partial charge in [-0.15, -0.1) is 0 Å². The summed E-state index contributed by atoms with van der Waals surface area (Å²) >= 11 is 3.50. The Morgan fingerprint density at radius 2 is 2.00 bits per heavy atom. The van der Waals surface area contributed by atoms with Crippen LogP contribution in [-0.2, 0) is 6.42 Å². The van der Waals surface area contributed by atoms with Gasteiger partial charge in [0.05, 0.1) is 7.11 Å². The molecular weight excluding hydrogens is 307 g/mol. The van der Waals surface area contributed by atoms with Crippen molar-refractivity contribution in [2.45, 2.75) is 20.3 Å². The molecule has 0 bridgehead atoms. The minimum absolute atomic E-state index is 0.212. The summed E-state index contributed by atoms with van der Waals surface area (Å²) in [5.74, 6) is 0.396. The predicted molar refractivity (Wildman–Crippen MR) is 80.2 cm³/mol. The molecule has 0 saturated heterocycles. The van der Waals surface area contributed by atoms with Gasteiger partial charge in [-0.05, 0) is 48.2 Å². The molecule has 0 aliphatic carbocycles. The van der Waals surface area contributed by atoms with Gasteiger partial charge in [-0.1, -0.05) is 35.0 Å². The number of benzene rings is 2. The van der Waals surface area contributed by atoms with Crippen LogP contribution in [0.5, 0.6) is 5.75 Å². The van der Waals surface area contributed by atoms with Crippen LogP contribution in [0.3, 0.4) is 0 Å². The first-order valence-corrected chi connectivity index (χ1v) is 6.99. The average molecular weight is 323 g/mol. The minimum atomic E-state index is -0.212. The fourth-order valence-electron chi connectivity index (χ4n) is 2.21. The van der Waals surface area contributed by atoms with Crippen molar-refractivity contribution >= 4 is 15.9 Å². The summed E-state index contributed by atoms with van der Waals surface area (Å²) in [4.78, 5) is 0.